The van der Waals surface area contributed by atoms with Crippen LogP contribution < -0.4 is 10.9 Å². The molecule has 1 atom stereocenters. The van der Waals surface area contributed by atoms with Gasteiger partial charge >= 0.3 is 0 Å². The second-order valence-electron chi connectivity index (χ2n) is 7.88. The molecule has 1 unspecified atom stereocenters. The van der Waals surface area contributed by atoms with Gasteiger partial charge in [0.15, 0.2) is 4.96 Å². The Morgan fingerprint density at radius 3 is 2.72 bits per heavy atom. The first-order chi connectivity index (χ1) is 14.1. The molecule has 5 nitrogen and oxygen atoms in total. The molecule has 0 fully saturated rings. The van der Waals surface area contributed by atoms with Crippen molar-refractivity contribution in [1.29, 1.82) is 0 Å². The Balaban J connectivity index is 1.52. The average Bonchev–Trinajstić information content (AvgIpc) is 3.04. The third-order valence-corrected chi connectivity index (χ3v) is 6.79. The van der Waals surface area contributed by atoms with E-state index in [0.29, 0.717) is 4.96 Å². The van der Waals surface area contributed by atoms with Gasteiger partial charge in [-0.3, -0.25) is 14.0 Å². The van der Waals surface area contributed by atoms with E-state index in [4.69, 9.17) is 0 Å². The molecule has 0 aliphatic heterocycles. The molecule has 152 valence electrons. The maximum absolute atomic E-state index is 13.1. The summed E-state index contributed by atoms with van der Waals surface area (Å²) in [6.45, 7) is 1.98. The third-order valence-electron chi connectivity index (χ3n) is 5.63. The van der Waals surface area contributed by atoms with Gasteiger partial charge in [-0.15, -0.1) is 11.3 Å². The minimum Gasteiger partial charge on any atom is -0.349 e. The highest BCUT2D eigenvalue weighted by Gasteiger charge is 2.21. The lowest BCUT2D eigenvalue weighted by molar-refractivity contribution is 0.0936. The van der Waals surface area contributed by atoms with E-state index in [0.717, 1.165) is 44.2 Å². The fourth-order valence-electron chi connectivity index (χ4n) is 3.98. The summed E-state index contributed by atoms with van der Waals surface area (Å²) in [5, 5.41) is 2.98. The molecule has 2 heterocycles. The van der Waals surface area contributed by atoms with Gasteiger partial charge in [0.25, 0.3) is 11.5 Å². The van der Waals surface area contributed by atoms with Crippen molar-refractivity contribution in [2.24, 2.45) is 0 Å². The fraction of sp³-hybridized carbons (Fsp3) is 0.435. The van der Waals surface area contributed by atoms with E-state index in [9.17, 15) is 9.59 Å². The van der Waals surface area contributed by atoms with Crippen LogP contribution in [-0.4, -0.2) is 21.3 Å². The lowest BCUT2D eigenvalue weighted by Gasteiger charge is -2.14. The summed E-state index contributed by atoms with van der Waals surface area (Å²) in [5.74, 6) is -0.330. The second kappa shape index (κ2) is 8.91. The van der Waals surface area contributed by atoms with E-state index in [-0.39, 0.29) is 23.1 Å². The topological polar surface area (TPSA) is 63.5 Å². The van der Waals surface area contributed by atoms with Gasteiger partial charge in [0.2, 0.25) is 0 Å². The first kappa shape index (κ1) is 19.8. The SMILES string of the molecule is CC(CCc1ccccc1)NC(=O)c1cnc2sc3c(n2c1=O)CCCCCC3. The number of hydrogen-bond acceptors (Lipinski definition) is 4. The number of hydrogen-bond donors (Lipinski definition) is 1. The minimum absolute atomic E-state index is 0.0223. The number of benzene rings is 1. The monoisotopic (exact) mass is 409 g/mol. The van der Waals surface area contributed by atoms with Crippen molar-refractivity contribution in [3.8, 4) is 0 Å². The van der Waals surface area contributed by atoms with Crippen molar-refractivity contribution < 1.29 is 4.79 Å². The standard InChI is InChI=1S/C23H27N3O2S/c1-16(13-14-17-9-5-4-6-10-17)25-21(27)18-15-24-23-26(22(18)28)19-11-7-2-3-8-12-20(19)29-23/h4-6,9-10,15-16H,2-3,7-8,11-14H2,1H3,(H,25,27). The van der Waals surface area contributed by atoms with Crippen molar-refractivity contribution in [3.05, 3.63) is 68.6 Å². The van der Waals surface area contributed by atoms with Crippen LogP contribution in [0.25, 0.3) is 4.96 Å². The van der Waals surface area contributed by atoms with Crippen LogP contribution in [0.1, 0.15) is 65.5 Å². The molecule has 1 amide bonds. The molecule has 1 aromatic carbocycles. The zero-order chi connectivity index (χ0) is 20.2. The molecule has 1 N–H and O–H groups in total. The van der Waals surface area contributed by atoms with Gasteiger partial charge < -0.3 is 5.32 Å². The Kier molecular flexibility index (Phi) is 6.09. The Labute approximate surface area is 174 Å². The number of nitrogens with one attached hydrogen (secondary N) is 1. The van der Waals surface area contributed by atoms with Crippen LogP contribution in [0.3, 0.4) is 0 Å². The van der Waals surface area contributed by atoms with E-state index in [1.807, 2.05) is 25.1 Å². The Morgan fingerprint density at radius 1 is 1.17 bits per heavy atom. The predicted octanol–water partition coefficient (Wildman–Crippen LogP) is 4.17. The highest BCUT2D eigenvalue weighted by atomic mass is 32.1. The van der Waals surface area contributed by atoms with Crippen molar-refractivity contribution in [2.75, 3.05) is 0 Å². The number of carbonyl (C=O) groups excluding carboxylic acids is 1. The predicted molar refractivity (Wildman–Crippen MR) is 117 cm³/mol. The highest BCUT2D eigenvalue weighted by Crippen LogP contribution is 2.27. The summed E-state index contributed by atoms with van der Waals surface area (Å²) in [6, 6.07) is 10.2. The van der Waals surface area contributed by atoms with E-state index >= 15 is 0 Å². The molecule has 0 saturated heterocycles. The van der Waals surface area contributed by atoms with Gasteiger partial charge in [0, 0.05) is 22.8 Å². The number of carbonyl (C=O) groups is 1. The van der Waals surface area contributed by atoms with Crippen LogP contribution in [0.4, 0.5) is 0 Å². The summed E-state index contributed by atoms with van der Waals surface area (Å²) in [6.07, 6.45) is 9.70. The van der Waals surface area contributed by atoms with Crippen molar-refractivity contribution >= 4 is 22.2 Å². The van der Waals surface area contributed by atoms with E-state index in [1.54, 1.807) is 15.7 Å². The van der Waals surface area contributed by atoms with Gasteiger partial charge in [0.05, 0.1) is 0 Å². The number of thiazole rings is 1. The molecular formula is C23H27N3O2S. The fourth-order valence-corrected chi connectivity index (χ4v) is 5.15. The number of aromatic nitrogens is 2. The first-order valence-electron chi connectivity index (χ1n) is 10.5. The first-order valence-corrected chi connectivity index (χ1v) is 11.3. The summed E-state index contributed by atoms with van der Waals surface area (Å²) in [7, 11) is 0. The molecule has 2 aromatic heterocycles. The smallest absolute Gasteiger partial charge is 0.271 e. The van der Waals surface area contributed by atoms with E-state index in [2.05, 4.69) is 22.4 Å². The zero-order valence-electron chi connectivity index (χ0n) is 16.8. The van der Waals surface area contributed by atoms with Crippen molar-refractivity contribution in [2.45, 2.75) is 64.3 Å². The van der Waals surface area contributed by atoms with Gasteiger partial charge in [-0.05, 0) is 51.0 Å². The molecular weight excluding hydrogens is 382 g/mol. The average molecular weight is 410 g/mol. The van der Waals surface area contributed by atoms with Crippen molar-refractivity contribution in [3.63, 3.8) is 0 Å². The molecule has 0 bridgehead atoms. The van der Waals surface area contributed by atoms with Gasteiger partial charge in [-0.2, -0.15) is 0 Å². The Morgan fingerprint density at radius 2 is 1.93 bits per heavy atom. The summed E-state index contributed by atoms with van der Waals surface area (Å²) < 4.78 is 1.69. The molecule has 6 heteroatoms. The number of fused-ring (bicyclic) bond motifs is 3. The van der Waals surface area contributed by atoms with Gasteiger partial charge in [-0.25, -0.2) is 4.98 Å². The quantitative estimate of drug-likeness (QED) is 0.688. The third kappa shape index (κ3) is 4.42. The largest absolute Gasteiger partial charge is 0.349 e. The number of aryl methyl sites for hydroxylation is 3. The summed E-state index contributed by atoms with van der Waals surface area (Å²) >= 11 is 1.60. The molecule has 29 heavy (non-hydrogen) atoms. The van der Waals surface area contributed by atoms with Crippen LogP contribution in [0.2, 0.25) is 0 Å². The van der Waals surface area contributed by atoms with Crippen LogP contribution >= 0.6 is 11.3 Å². The Hall–Kier alpha value is -2.47. The maximum atomic E-state index is 13.1. The zero-order valence-corrected chi connectivity index (χ0v) is 17.6. The molecule has 1 aliphatic rings. The lowest BCUT2D eigenvalue weighted by Crippen LogP contribution is -2.37. The highest BCUT2D eigenvalue weighted by molar-refractivity contribution is 7.17. The van der Waals surface area contributed by atoms with Gasteiger partial charge in [0.1, 0.15) is 5.56 Å². The minimum atomic E-state index is -0.330. The van der Waals surface area contributed by atoms with Crippen LogP contribution in [0.15, 0.2) is 41.3 Å². The van der Waals surface area contributed by atoms with Crippen LogP contribution in [0.5, 0.6) is 0 Å². The number of nitrogens with zero attached hydrogens (tertiary/aromatic N) is 2. The molecule has 0 radical (unpaired) electrons. The molecule has 1 aliphatic carbocycles. The van der Waals surface area contributed by atoms with E-state index < -0.39 is 0 Å². The Bertz CT molecular complexity index is 1060. The maximum Gasteiger partial charge on any atom is 0.271 e. The van der Waals surface area contributed by atoms with Crippen LogP contribution in [0, 0.1) is 0 Å². The normalized spacial score (nSPS) is 15.3. The summed E-state index contributed by atoms with van der Waals surface area (Å²) in [5.41, 5.74) is 2.21. The molecule has 3 aromatic rings. The van der Waals surface area contributed by atoms with Crippen LogP contribution in [-0.2, 0) is 19.3 Å². The van der Waals surface area contributed by atoms with E-state index in [1.165, 1.54) is 29.5 Å². The van der Waals surface area contributed by atoms with Crippen molar-refractivity contribution in [1.82, 2.24) is 14.7 Å². The number of rotatable bonds is 5. The molecule has 0 spiro atoms. The lowest BCUT2D eigenvalue weighted by atomic mass is 10.0. The second-order valence-corrected chi connectivity index (χ2v) is 8.94. The summed E-state index contributed by atoms with van der Waals surface area (Å²) in [4.78, 5) is 32.3. The molecule has 0 saturated carbocycles. The van der Waals surface area contributed by atoms with Gasteiger partial charge in [-0.1, -0.05) is 43.2 Å². The molecule has 4 rings (SSSR count). The number of amides is 1.